The van der Waals surface area contributed by atoms with Crippen molar-refractivity contribution in [2.75, 3.05) is 0 Å². The van der Waals surface area contributed by atoms with Crippen LogP contribution in [0.15, 0.2) is 22.9 Å². The van der Waals surface area contributed by atoms with Gasteiger partial charge in [0.15, 0.2) is 0 Å². The van der Waals surface area contributed by atoms with Crippen molar-refractivity contribution in [1.29, 1.82) is 0 Å². The Morgan fingerprint density at radius 1 is 1.44 bits per heavy atom. The summed E-state index contributed by atoms with van der Waals surface area (Å²) in [5.74, 6) is -0.154. The number of nitrogens with two attached hydrogens (primary N) is 1. The van der Waals surface area contributed by atoms with Crippen molar-refractivity contribution in [3.8, 4) is 0 Å². The van der Waals surface area contributed by atoms with E-state index in [0.717, 1.165) is 9.88 Å². The lowest BCUT2D eigenvalue weighted by Gasteiger charge is -2.10. The number of thiazole rings is 1. The Morgan fingerprint density at radius 3 is 2.78 bits per heavy atom. The van der Waals surface area contributed by atoms with Gasteiger partial charge in [-0.05, 0) is 25.3 Å². The van der Waals surface area contributed by atoms with Crippen molar-refractivity contribution in [3.63, 3.8) is 0 Å². The number of amides is 1. The molecule has 4 nitrogen and oxygen atoms in total. The Morgan fingerprint density at radius 2 is 2.22 bits per heavy atom. The van der Waals surface area contributed by atoms with Crippen molar-refractivity contribution < 1.29 is 4.79 Å². The summed E-state index contributed by atoms with van der Waals surface area (Å²) in [5, 5.41) is 7.45. The van der Waals surface area contributed by atoms with Crippen LogP contribution in [-0.4, -0.2) is 10.9 Å². The molecule has 18 heavy (non-hydrogen) atoms. The number of hydrogen-bond donors (Lipinski definition) is 2. The summed E-state index contributed by atoms with van der Waals surface area (Å²) >= 11 is 3.04. The van der Waals surface area contributed by atoms with Crippen molar-refractivity contribution in [1.82, 2.24) is 10.3 Å². The first-order chi connectivity index (χ1) is 8.58. The molecule has 6 heteroatoms. The highest BCUT2D eigenvalue weighted by molar-refractivity contribution is 7.10. The molecular weight excluding hydrogens is 266 g/mol. The van der Waals surface area contributed by atoms with E-state index in [1.807, 2.05) is 31.4 Å². The number of aromatic nitrogens is 1. The van der Waals surface area contributed by atoms with Crippen LogP contribution < -0.4 is 11.1 Å². The Labute approximate surface area is 114 Å². The number of nitrogens with zero attached hydrogens (tertiary/aromatic N) is 1. The molecule has 0 aromatic carbocycles. The molecule has 0 aliphatic carbocycles. The third kappa shape index (κ3) is 2.95. The first-order valence-corrected chi connectivity index (χ1v) is 7.39. The minimum atomic E-state index is -0.154. The molecule has 2 rings (SSSR count). The predicted molar refractivity (Wildman–Crippen MR) is 74.9 cm³/mol. The van der Waals surface area contributed by atoms with Gasteiger partial charge in [-0.25, -0.2) is 4.98 Å². The minimum Gasteiger partial charge on any atom is -0.343 e. The van der Waals surface area contributed by atoms with E-state index >= 15 is 0 Å². The molecule has 0 saturated carbocycles. The summed E-state index contributed by atoms with van der Waals surface area (Å²) in [6.45, 7) is 3.82. The van der Waals surface area contributed by atoms with Crippen molar-refractivity contribution in [3.05, 3.63) is 38.5 Å². The monoisotopic (exact) mass is 281 g/mol. The van der Waals surface area contributed by atoms with Crippen LogP contribution in [0.5, 0.6) is 0 Å². The maximum atomic E-state index is 12.0. The van der Waals surface area contributed by atoms with E-state index in [1.54, 1.807) is 16.7 Å². The van der Waals surface area contributed by atoms with Crippen molar-refractivity contribution in [2.45, 2.75) is 25.9 Å². The molecular formula is C12H15N3OS2. The van der Waals surface area contributed by atoms with Crippen molar-refractivity contribution in [2.24, 2.45) is 5.73 Å². The Bertz CT molecular complexity index is 519. The quantitative estimate of drug-likeness (QED) is 0.905. The summed E-state index contributed by atoms with van der Waals surface area (Å²) < 4.78 is 0. The lowest BCUT2D eigenvalue weighted by molar-refractivity contribution is 0.0936. The molecule has 2 heterocycles. The summed E-state index contributed by atoms with van der Waals surface area (Å²) in [7, 11) is 0. The third-order valence-electron chi connectivity index (χ3n) is 2.46. The summed E-state index contributed by atoms with van der Waals surface area (Å²) in [4.78, 5) is 17.3. The standard InChI is InChI=1S/C12H15N3OS2/c1-7(13)12-15-9(6-18-12)11(16)14-8(2)10-4-3-5-17-10/h3-8H,13H2,1-2H3,(H,14,16)/t7?,8-/m0/s1. The van der Waals surface area contributed by atoms with Gasteiger partial charge in [0.1, 0.15) is 10.7 Å². The van der Waals surface area contributed by atoms with Gasteiger partial charge in [-0.1, -0.05) is 6.07 Å². The molecule has 1 amide bonds. The van der Waals surface area contributed by atoms with Crippen LogP contribution in [0, 0.1) is 0 Å². The normalized spacial score (nSPS) is 14.2. The van der Waals surface area contributed by atoms with Gasteiger partial charge >= 0.3 is 0 Å². The zero-order valence-corrected chi connectivity index (χ0v) is 11.8. The molecule has 0 spiro atoms. The molecule has 0 bridgehead atoms. The molecule has 0 radical (unpaired) electrons. The lowest BCUT2D eigenvalue weighted by Crippen LogP contribution is -2.26. The van der Waals surface area contributed by atoms with E-state index in [4.69, 9.17) is 5.73 Å². The molecule has 0 aliphatic heterocycles. The molecule has 2 aromatic rings. The van der Waals surface area contributed by atoms with Gasteiger partial charge in [0.05, 0.1) is 12.1 Å². The van der Waals surface area contributed by atoms with Crippen LogP contribution in [0.3, 0.4) is 0 Å². The van der Waals surface area contributed by atoms with E-state index in [0.29, 0.717) is 5.69 Å². The summed E-state index contributed by atoms with van der Waals surface area (Å²) in [6, 6.07) is 3.84. The lowest BCUT2D eigenvalue weighted by atomic mass is 10.2. The van der Waals surface area contributed by atoms with Gasteiger partial charge in [0, 0.05) is 10.3 Å². The largest absolute Gasteiger partial charge is 0.343 e. The number of thiophene rings is 1. The Hall–Kier alpha value is -1.24. The van der Waals surface area contributed by atoms with Gasteiger partial charge in [-0.3, -0.25) is 4.79 Å². The maximum absolute atomic E-state index is 12.0. The topological polar surface area (TPSA) is 68.0 Å². The average molecular weight is 281 g/mol. The van der Waals surface area contributed by atoms with Crippen LogP contribution in [0.1, 0.15) is 46.3 Å². The SMILES string of the molecule is CC(N)c1nc(C(=O)N[C@@H](C)c2cccs2)cs1. The number of rotatable bonds is 4. The highest BCUT2D eigenvalue weighted by Crippen LogP contribution is 2.20. The smallest absolute Gasteiger partial charge is 0.271 e. The molecule has 96 valence electrons. The van der Waals surface area contributed by atoms with Crippen LogP contribution in [0.4, 0.5) is 0 Å². The Balaban J connectivity index is 2.03. The fraction of sp³-hybridized carbons (Fsp3) is 0.333. The zero-order valence-electron chi connectivity index (χ0n) is 10.2. The van der Waals surface area contributed by atoms with Gasteiger partial charge in [-0.2, -0.15) is 0 Å². The summed E-state index contributed by atoms with van der Waals surface area (Å²) in [6.07, 6.45) is 0. The fourth-order valence-electron chi connectivity index (χ4n) is 1.48. The average Bonchev–Trinajstić information content (AvgIpc) is 3.00. The first kappa shape index (κ1) is 13.2. The summed E-state index contributed by atoms with van der Waals surface area (Å²) in [5.41, 5.74) is 6.16. The van der Waals surface area contributed by atoms with E-state index in [-0.39, 0.29) is 18.0 Å². The first-order valence-electron chi connectivity index (χ1n) is 5.63. The number of carbonyl (C=O) groups is 1. The van der Waals surface area contributed by atoms with Crippen LogP contribution >= 0.6 is 22.7 Å². The molecule has 2 aromatic heterocycles. The second-order valence-electron chi connectivity index (χ2n) is 4.07. The van der Waals surface area contributed by atoms with Crippen LogP contribution in [0.25, 0.3) is 0 Å². The second kappa shape index (κ2) is 5.60. The van der Waals surface area contributed by atoms with Gasteiger partial charge in [0.2, 0.25) is 0 Å². The molecule has 1 unspecified atom stereocenters. The van der Waals surface area contributed by atoms with E-state index < -0.39 is 0 Å². The Kier molecular flexibility index (Phi) is 4.11. The van der Waals surface area contributed by atoms with Crippen molar-refractivity contribution >= 4 is 28.6 Å². The van der Waals surface area contributed by atoms with E-state index in [1.165, 1.54) is 11.3 Å². The highest BCUT2D eigenvalue weighted by atomic mass is 32.1. The predicted octanol–water partition coefficient (Wildman–Crippen LogP) is 2.72. The number of hydrogen-bond acceptors (Lipinski definition) is 5. The van der Waals surface area contributed by atoms with Crippen LogP contribution in [0.2, 0.25) is 0 Å². The molecule has 0 fully saturated rings. The minimum absolute atomic E-state index is 0.00190. The second-order valence-corrected chi connectivity index (χ2v) is 5.94. The number of carbonyl (C=O) groups excluding carboxylic acids is 1. The molecule has 0 saturated heterocycles. The molecule has 3 N–H and O–H groups in total. The van der Waals surface area contributed by atoms with Gasteiger partial charge in [-0.15, -0.1) is 22.7 Å². The van der Waals surface area contributed by atoms with E-state index in [2.05, 4.69) is 10.3 Å². The van der Waals surface area contributed by atoms with Gasteiger partial charge < -0.3 is 11.1 Å². The number of nitrogens with one attached hydrogen (secondary N) is 1. The third-order valence-corrected chi connectivity index (χ3v) is 4.56. The zero-order chi connectivity index (χ0) is 13.1. The molecule has 2 atom stereocenters. The highest BCUT2D eigenvalue weighted by Gasteiger charge is 2.15. The van der Waals surface area contributed by atoms with Gasteiger partial charge in [0.25, 0.3) is 5.91 Å². The fourth-order valence-corrected chi connectivity index (χ4v) is 2.97. The molecule has 0 aliphatic rings. The maximum Gasteiger partial charge on any atom is 0.271 e. The van der Waals surface area contributed by atoms with Crippen LogP contribution in [-0.2, 0) is 0 Å². The van der Waals surface area contributed by atoms with E-state index in [9.17, 15) is 4.79 Å².